The Labute approximate surface area is 292 Å². The van der Waals surface area contributed by atoms with Crippen molar-refractivity contribution in [3.63, 3.8) is 0 Å². The Hall–Kier alpha value is -3.96. The smallest absolute Gasteiger partial charge is 0.245 e. The first-order chi connectivity index (χ1) is 23.2. The van der Waals surface area contributed by atoms with Crippen LogP contribution in [0.15, 0.2) is 30.3 Å². The summed E-state index contributed by atoms with van der Waals surface area (Å²) in [5, 5.41) is 16.8. The SMILES string of the molecule is CCCCCCC(=O)N[C@@H]1CNC(=O)[C@@H](CC(C)C)NC(=O)[C@@H](CC(C)C)NC(=O)[C@@H](CC(C)C)NC(=O)[C@@H](Cc2ccccc2)NC1=O. The second-order valence-electron chi connectivity index (χ2n) is 14.5. The molecule has 6 N–H and O–H groups in total. The Morgan fingerprint density at radius 3 is 1.61 bits per heavy atom. The van der Waals surface area contributed by atoms with E-state index in [2.05, 4.69) is 38.8 Å². The van der Waals surface area contributed by atoms with Crippen molar-refractivity contribution in [1.82, 2.24) is 31.9 Å². The first-order valence-electron chi connectivity index (χ1n) is 18.0. The van der Waals surface area contributed by atoms with Gasteiger partial charge >= 0.3 is 0 Å². The molecular weight excluding hydrogens is 624 g/mol. The average Bonchev–Trinajstić information content (AvgIpc) is 3.02. The van der Waals surface area contributed by atoms with E-state index in [1.54, 1.807) is 0 Å². The second-order valence-corrected chi connectivity index (χ2v) is 14.5. The molecule has 12 heteroatoms. The number of nitrogens with one attached hydrogen (secondary N) is 6. The maximum atomic E-state index is 13.9. The minimum Gasteiger partial charge on any atom is -0.352 e. The summed E-state index contributed by atoms with van der Waals surface area (Å²) in [5.41, 5.74) is 0.775. The minimum atomic E-state index is -1.19. The van der Waals surface area contributed by atoms with Crippen LogP contribution >= 0.6 is 0 Å². The summed E-state index contributed by atoms with van der Waals surface area (Å²) in [6, 6.07) is 3.96. The predicted molar refractivity (Wildman–Crippen MR) is 190 cm³/mol. The van der Waals surface area contributed by atoms with E-state index in [4.69, 9.17) is 0 Å². The number of amides is 6. The standard InChI is InChI=1S/C37H60N6O6/c1-8-9-10-14-17-32(44)39-31-22-38-33(45)27(18-23(2)3)40-34(46)28(19-24(4)5)41-35(47)29(20-25(6)7)42-36(48)30(43-37(31)49)21-26-15-12-11-13-16-26/h11-13,15-16,23-25,27-31H,8-10,14,17-22H2,1-7H3,(H,38,45)(H,39,44)(H,40,46)(H,41,47)(H,42,48)(H,43,49)/t27-,28-,29-,30-,31-/m1/s1. The number of unbranched alkanes of at least 4 members (excludes halogenated alkanes) is 3. The van der Waals surface area contributed by atoms with Crippen molar-refractivity contribution in [2.75, 3.05) is 6.54 Å². The van der Waals surface area contributed by atoms with Crippen molar-refractivity contribution in [3.05, 3.63) is 35.9 Å². The van der Waals surface area contributed by atoms with Gasteiger partial charge in [-0.1, -0.05) is 98.1 Å². The first-order valence-corrected chi connectivity index (χ1v) is 18.0. The summed E-state index contributed by atoms with van der Waals surface area (Å²) in [5.74, 6) is -3.06. The number of rotatable bonds is 14. The molecule has 0 aromatic heterocycles. The minimum absolute atomic E-state index is 0.0113. The van der Waals surface area contributed by atoms with Crippen LogP contribution in [-0.2, 0) is 35.2 Å². The van der Waals surface area contributed by atoms with E-state index < -0.39 is 59.7 Å². The van der Waals surface area contributed by atoms with Gasteiger partial charge in [0.1, 0.15) is 30.2 Å². The van der Waals surface area contributed by atoms with Crippen LogP contribution in [0.4, 0.5) is 0 Å². The van der Waals surface area contributed by atoms with Crippen molar-refractivity contribution in [1.29, 1.82) is 0 Å². The molecule has 0 aliphatic carbocycles. The molecule has 0 bridgehead atoms. The Morgan fingerprint density at radius 2 is 1.12 bits per heavy atom. The fraction of sp³-hybridized carbons (Fsp3) is 0.676. The lowest BCUT2D eigenvalue weighted by Gasteiger charge is -2.30. The van der Waals surface area contributed by atoms with Gasteiger partial charge in [0.2, 0.25) is 35.4 Å². The molecule has 5 atom stereocenters. The lowest BCUT2D eigenvalue weighted by atomic mass is 9.98. The van der Waals surface area contributed by atoms with E-state index in [-0.39, 0.29) is 49.5 Å². The van der Waals surface area contributed by atoms with Crippen LogP contribution in [0.2, 0.25) is 0 Å². The lowest BCUT2D eigenvalue weighted by Crippen LogP contribution is -2.62. The first kappa shape index (κ1) is 41.2. The second kappa shape index (κ2) is 21.2. The Balaban J connectivity index is 2.56. The number of hydrogen-bond acceptors (Lipinski definition) is 6. The van der Waals surface area contributed by atoms with Crippen LogP contribution in [0, 0.1) is 17.8 Å². The third-order valence-electron chi connectivity index (χ3n) is 8.33. The highest BCUT2D eigenvalue weighted by atomic mass is 16.2. The van der Waals surface area contributed by atoms with Crippen molar-refractivity contribution < 1.29 is 28.8 Å². The summed E-state index contributed by atoms with van der Waals surface area (Å²) in [7, 11) is 0. The number of carbonyl (C=O) groups is 6. The largest absolute Gasteiger partial charge is 0.352 e. The van der Waals surface area contributed by atoms with Crippen molar-refractivity contribution in [2.24, 2.45) is 17.8 Å². The topological polar surface area (TPSA) is 175 Å². The molecule has 49 heavy (non-hydrogen) atoms. The van der Waals surface area contributed by atoms with Gasteiger partial charge in [-0.05, 0) is 49.0 Å². The van der Waals surface area contributed by atoms with E-state index in [0.29, 0.717) is 19.3 Å². The lowest BCUT2D eigenvalue weighted by molar-refractivity contribution is -0.136. The van der Waals surface area contributed by atoms with E-state index in [0.717, 1.165) is 24.8 Å². The highest BCUT2D eigenvalue weighted by Crippen LogP contribution is 2.13. The molecule has 1 heterocycles. The summed E-state index contributed by atoms with van der Waals surface area (Å²) >= 11 is 0. The average molecular weight is 685 g/mol. The third-order valence-corrected chi connectivity index (χ3v) is 8.33. The molecule has 6 amide bonds. The van der Waals surface area contributed by atoms with Crippen LogP contribution in [0.5, 0.6) is 0 Å². The molecule has 0 radical (unpaired) electrons. The highest BCUT2D eigenvalue weighted by molar-refractivity contribution is 5.97. The van der Waals surface area contributed by atoms with Gasteiger partial charge in [0, 0.05) is 19.4 Å². The maximum Gasteiger partial charge on any atom is 0.245 e. The highest BCUT2D eigenvalue weighted by Gasteiger charge is 2.34. The normalized spacial score (nSPS) is 23.1. The molecular formula is C37H60N6O6. The van der Waals surface area contributed by atoms with Gasteiger partial charge in [0.15, 0.2) is 0 Å². The maximum absolute atomic E-state index is 13.9. The zero-order valence-electron chi connectivity index (χ0n) is 30.5. The summed E-state index contributed by atoms with van der Waals surface area (Å²) in [6.07, 6.45) is 4.76. The molecule has 1 saturated heterocycles. The van der Waals surface area contributed by atoms with E-state index in [9.17, 15) is 28.8 Å². The van der Waals surface area contributed by atoms with Gasteiger partial charge in [0.05, 0.1) is 0 Å². The molecule has 0 saturated carbocycles. The Bertz CT molecular complexity index is 1240. The summed E-state index contributed by atoms with van der Waals surface area (Å²) in [4.78, 5) is 81.7. The van der Waals surface area contributed by atoms with Gasteiger partial charge in [-0.3, -0.25) is 28.8 Å². The van der Waals surface area contributed by atoms with Crippen molar-refractivity contribution >= 4 is 35.4 Å². The van der Waals surface area contributed by atoms with Crippen LogP contribution < -0.4 is 31.9 Å². The zero-order chi connectivity index (χ0) is 36.5. The Morgan fingerprint density at radius 1 is 0.653 bits per heavy atom. The number of hydrogen-bond donors (Lipinski definition) is 6. The third kappa shape index (κ3) is 15.4. The van der Waals surface area contributed by atoms with Crippen LogP contribution in [0.25, 0.3) is 0 Å². The van der Waals surface area contributed by atoms with Crippen LogP contribution in [0.1, 0.15) is 105 Å². The molecule has 12 nitrogen and oxygen atoms in total. The zero-order valence-corrected chi connectivity index (χ0v) is 30.5. The molecule has 1 aromatic rings. The molecule has 1 fully saturated rings. The van der Waals surface area contributed by atoms with Gasteiger partial charge in [-0.2, -0.15) is 0 Å². The number of carbonyl (C=O) groups excluding carboxylic acids is 6. The van der Waals surface area contributed by atoms with Crippen molar-refractivity contribution in [2.45, 2.75) is 136 Å². The molecule has 0 unspecified atom stereocenters. The van der Waals surface area contributed by atoms with Gasteiger partial charge in [-0.15, -0.1) is 0 Å². The summed E-state index contributed by atoms with van der Waals surface area (Å²) < 4.78 is 0. The Kier molecular flexibility index (Phi) is 17.8. The molecule has 1 aliphatic rings. The van der Waals surface area contributed by atoms with Crippen LogP contribution in [0.3, 0.4) is 0 Å². The molecule has 1 aromatic carbocycles. The molecule has 274 valence electrons. The van der Waals surface area contributed by atoms with Gasteiger partial charge in [-0.25, -0.2) is 0 Å². The van der Waals surface area contributed by atoms with E-state index in [1.807, 2.05) is 71.9 Å². The molecule has 1 aliphatic heterocycles. The predicted octanol–water partition coefficient (Wildman–Crippen LogP) is 2.89. The van der Waals surface area contributed by atoms with Crippen molar-refractivity contribution in [3.8, 4) is 0 Å². The van der Waals surface area contributed by atoms with E-state index >= 15 is 0 Å². The summed E-state index contributed by atoms with van der Waals surface area (Å²) in [6.45, 7) is 13.4. The number of benzene rings is 1. The fourth-order valence-corrected chi connectivity index (χ4v) is 5.77. The molecule has 2 rings (SSSR count). The monoisotopic (exact) mass is 684 g/mol. The van der Waals surface area contributed by atoms with Gasteiger partial charge < -0.3 is 31.9 Å². The molecule has 0 spiro atoms. The fourth-order valence-electron chi connectivity index (χ4n) is 5.77. The quantitative estimate of drug-likeness (QED) is 0.164. The van der Waals surface area contributed by atoms with Gasteiger partial charge in [0.25, 0.3) is 0 Å². The van der Waals surface area contributed by atoms with Crippen LogP contribution in [-0.4, -0.2) is 72.2 Å². The van der Waals surface area contributed by atoms with E-state index in [1.165, 1.54) is 0 Å².